The molecule has 0 heterocycles. The smallest absolute Gasteiger partial charge is 0.344 e. The summed E-state index contributed by atoms with van der Waals surface area (Å²) in [4.78, 5) is 29.8. The van der Waals surface area contributed by atoms with Gasteiger partial charge in [-0.15, -0.1) is 0 Å². The van der Waals surface area contributed by atoms with Crippen LogP contribution in [-0.2, 0) is 4.57 Å². The molecule has 2 aromatic carbocycles. The Morgan fingerprint density at radius 2 is 1.74 bits per heavy atom. The number of rotatable bonds is 6. The molecular weight excluding hydrogens is 369 g/mol. The minimum Gasteiger partial charge on any atom is -0.508 e. The van der Waals surface area contributed by atoms with E-state index in [1.54, 1.807) is 44.2 Å². The molecule has 146 valence electrons. The number of phenolic OH excluding ortho intramolecular Hbond substituents is 1. The molecular formula is C19H24NO6P. The van der Waals surface area contributed by atoms with Crippen LogP contribution >= 0.6 is 7.60 Å². The lowest BCUT2D eigenvalue weighted by atomic mass is 10.0. The molecule has 0 spiro atoms. The minimum atomic E-state index is -4.31. The van der Waals surface area contributed by atoms with E-state index in [1.165, 1.54) is 0 Å². The van der Waals surface area contributed by atoms with E-state index in [2.05, 4.69) is 5.32 Å². The second kappa shape index (κ2) is 8.13. The molecule has 0 aromatic heterocycles. The van der Waals surface area contributed by atoms with Crippen LogP contribution in [-0.4, -0.2) is 27.1 Å². The minimum absolute atomic E-state index is 0.135. The lowest BCUT2D eigenvalue weighted by Crippen LogP contribution is -2.24. The van der Waals surface area contributed by atoms with Gasteiger partial charge in [0.15, 0.2) is 0 Å². The summed E-state index contributed by atoms with van der Waals surface area (Å²) in [6.07, 6.45) is -0.715. The molecule has 0 unspecified atom stereocenters. The van der Waals surface area contributed by atoms with Crippen molar-refractivity contribution in [2.24, 2.45) is 0 Å². The van der Waals surface area contributed by atoms with Crippen molar-refractivity contribution in [3.63, 3.8) is 0 Å². The molecule has 27 heavy (non-hydrogen) atoms. The largest absolute Gasteiger partial charge is 0.508 e. The average Bonchev–Trinajstić information content (AvgIpc) is 2.56. The highest BCUT2D eigenvalue weighted by atomic mass is 31.2. The standard InChI is InChI=1S/C19H24NO6P/c1-11(2)16-9-15(5-6-17(16)21)26-18-12(3)7-14(8-13(18)4)19(22)20-10-27(23,24)25/h5-9,11,21H,10H2,1-4H3,(H,20,22)(H2,23,24,25). The fourth-order valence-electron chi connectivity index (χ4n) is 2.70. The molecule has 0 aliphatic heterocycles. The molecule has 2 aromatic rings. The summed E-state index contributed by atoms with van der Waals surface area (Å²) in [5.41, 5.74) is 2.47. The summed E-state index contributed by atoms with van der Waals surface area (Å²) in [6, 6.07) is 8.22. The summed E-state index contributed by atoms with van der Waals surface area (Å²) >= 11 is 0. The molecule has 0 aliphatic rings. The van der Waals surface area contributed by atoms with Gasteiger partial charge in [0.1, 0.15) is 23.5 Å². The molecule has 0 saturated heterocycles. The van der Waals surface area contributed by atoms with Crippen LogP contribution in [0.15, 0.2) is 30.3 Å². The van der Waals surface area contributed by atoms with E-state index in [-0.39, 0.29) is 11.7 Å². The van der Waals surface area contributed by atoms with Crippen molar-refractivity contribution in [1.82, 2.24) is 5.32 Å². The third-order valence-electron chi connectivity index (χ3n) is 4.01. The Labute approximate surface area is 158 Å². The zero-order valence-corrected chi connectivity index (χ0v) is 16.6. The number of phenols is 1. The zero-order valence-electron chi connectivity index (χ0n) is 15.7. The molecule has 0 saturated carbocycles. The van der Waals surface area contributed by atoms with Gasteiger partial charge < -0.3 is 24.9 Å². The number of hydrogen-bond donors (Lipinski definition) is 4. The fraction of sp³-hybridized carbons (Fsp3) is 0.316. The molecule has 1 amide bonds. The lowest BCUT2D eigenvalue weighted by Gasteiger charge is -2.16. The van der Waals surface area contributed by atoms with Crippen molar-refractivity contribution in [2.75, 3.05) is 6.29 Å². The third-order valence-corrected chi connectivity index (χ3v) is 4.58. The van der Waals surface area contributed by atoms with Gasteiger partial charge in [-0.25, -0.2) is 0 Å². The van der Waals surface area contributed by atoms with Crippen LogP contribution < -0.4 is 10.1 Å². The first-order chi connectivity index (χ1) is 12.5. The van der Waals surface area contributed by atoms with Gasteiger partial charge in [0.2, 0.25) is 0 Å². The molecule has 0 aliphatic carbocycles. The average molecular weight is 393 g/mol. The van der Waals surface area contributed by atoms with Crippen molar-refractivity contribution in [1.29, 1.82) is 0 Å². The molecule has 0 atom stereocenters. The number of ether oxygens (including phenoxy) is 1. The highest BCUT2D eigenvalue weighted by Crippen LogP contribution is 2.35. The predicted octanol–water partition coefficient (Wildman–Crippen LogP) is 3.79. The van der Waals surface area contributed by atoms with Crippen molar-refractivity contribution in [3.8, 4) is 17.2 Å². The number of carbonyl (C=O) groups is 1. The molecule has 7 nitrogen and oxygen atoms in total. The van der Waals surface area contributed by atoms with Gasteiger partial charge in [0, 0.05) is 11.1 Å². The number of aromatic hydroxyl groups is 1. The first kappa shape index (κ1) is 21.0. The van der Waals surface area contributed by atoms with E-state index in [0.717, 1.165) is 5.56 Å². The molecule has 0 bridgehead atoms. The van der Waals surface area contributed by atoms with E-state index >= 15 is 0 Å². The Bertz CT molecular complexity index is 880. The maximum absolute atomic E-state index is 12.1. The van der Waals surface area contributed by atoms with Gasteiger partial charge in [-0.05, 0) is 61.2 Å². The Morgan fingerprint density at radius 3 is 2.26 bits per heavy atom. The normalized spacial score (nSPS) is 11.5. The second-order valence-electron chi connectivity index (χ2n) is 6.75. The maximum Gasteiger partial charge on any atom is 0.344 e. The Hall–Kier alpha value is -2.34. The number of nitrogens with one attached hydrogen (secondary N) is 1. The number of carbonyl (C=O) groups excluding carboxylic acids is 1. The Kier molecular flexibility index (Phi) is 6.31. The Balaban J connectivity index is 2.26. The maximum atomic E-state index is 12.1. The van der Waals surface area contributed by atoms with Crippen LogP contribution in [0.1, 0.15) is 46.8 Å². The topological polar surface area (TPSA) is 116 Å². The number of aryl methyl sites for hydroxylation is 2. The number of hydrogen-bond acceptors (Lipinski definition) is 4. The molecule has 8 heteroatoms. The quantitative estimate of drug-likeness (QED) is 0.555. The summed E-state index contributed by atoms with van der Waals surface area (Å²) < 4.78 is 16.9. The van der Waals surface area contributed by atoms with E-state index < -0.39 is 19.8 Å². The first-order valence-electron chi connectivity index (χ1n) is 8.42. The van der Waals surface area contributed by atoms with Crippen LogP contribution in [0.3, 0.4) is 0 Å². The van der Waals surface area contributed by atoms with Gasteiger partial charge >= 0.3 is 7.60 Å². The SMILES string of the molecule is Cc1cc(C(=O)NCP(=O)(O)O)cc(C)c1Oc1ccc(O)c(C(C)C)c1. The van der Waals surface area contributed by atoms with Crippen molar-refractivity contribution < 1.29 is 29.0 Å². The van der Waals surface area contributed by atoms with Gasteiger partial charge in [0.05, 0.1) is 0 Å². The second-order valence-corrected chi connectivity index (χ2v) is 8.39. The van der Waals surface area contributed by atoms with Crippen LogP contribution in [0, 0.1) is 13.8 Å². The van der Waals surface area contributed by atoms with Crippen LogP contribution in [0.5, 0.6) is 17.2 Å². The summed E-state index contributed by atoms with van der Waals surface area (Å²) in [5.74, 6) is 0.935. The van der Waals surface area contributed by atoms with E-state index in [4.69, 9.17) is 14.5 Å². The van der Waals surface area contributed by atoms with Gasteiger partial charge in [-0.3, -0.25) is 9.36 Å². The van der Waals surface area contributed by atoms with Gasteiger partial charge in [-0.1, -0.05) is 13.8 Å². The highest BCUT2D eigenvalue weighted by molar-refractivity contribution is 7.51. The summed E-state index contributed by atoms with van der Waals surface area (Å²) in [6.45, 7) is 7.51. The molecule has 4 N–H and O–H groups in total. The predicted molar refractivity (Wildman–Crippen MR) is 103 cm³/mol. The lowest BCUT2D eigenvalue weighted by molar-refractivity contribution is 0.0957. The third kappa shape index (κ3) is 5.57. The summed E-state index contributed by atoms with van der Waals surface area (Å²) in [5, 5.41) is 12.1. The van der Waals surface area contributed by atoms with Crippen LogP contribution in [0.4, 0.5) is 0 Å². The monoisotopic (exact) mass is 393 g/mol. The highest BCUT2D eigenvalue weighted by Gasteiger charge is 2.17. The molecule has 0 radical (unpaired) electrons. The fourth-order valence-corrected chi connectivity index (χ4v) is 3.05. The summed E-state index contributed by atoms with van der Waals surface area (Å²) in [7, 11) is -4.31. The van der Waals surface area contributed by atoms with Crippen molar-refractivity contribution in [2.45, 2.75) is 33.6 Å². The Morgan fingerprint density at radius 1 is 1.15 bits per heavy atom. The number of benzene rings is 2. The zero-order chi connectivity index (χ0) is 20.4. The van der Waals surface area contributed by atoms with Crippen LogP contribution in [0.2, 0.25) is 0 Å². The molecule has 2 rings (SSSR count). The van der Waals surface area contributed by atoms with E-state index in [9.17, 15) is 14.5 Å². The van der Waals surface area contributed by atoms with E-state index in [0.29, 0.717) is 28.2 Å². The van der Waals surface area contributed by atoms with E-state index in [1.807, 2.05) is 13.8 Å². The van der Waals surface area contributed by atoms with Gasteiger partial charge in [0.25, 0.3) is 5.91 Å². The first-order valence-corrected chi connectivity index (χ1v) is 10.2. The number of amides is 1. The van der Waals surface area contributed by atoms with Crippen molar-refractivity contribution in [3.05, 3.63) is 52.6 Å². The van der Waals surface area contributed by atoms with Crippen molar-refractivity contribution >= 4 is 13.5 Å². The van der Waals surface area contributed by atoms with Gasteiger partial charge in [-0.2, -0.15) is 0 Å². The van der Waals surface area contributed by atoms with Crippen LogP contribution in [0.25, 0.3) is 0 Å². The molecule has 0 fully saturated rings.